The summed E-state index contributed by atoms with van der Waals surface area (Å²) in [7, 11) is 1.84. The van der Waals surface area contributed by atoms with Crippen molar-refractivity contribution < 1.29 is 0 Å². The molecule has 0 aliphatic rings. The van der Waals surface area contributed by atoms with E-state index >= 15 is 0 Å². The minimum Gasteiger partial charge on any atom is -0.316 e. The van der Waals surface area contributed by atoms with Gasteiger partial charge in [0, 0.05) is 0 Å². The van der Waals surface area contributed by atoms with Gasteiger partial charge in [-0.2, -0.15) is 0 Å². The SMILES string of the molecule is C=C/C=C\CC(N)NC. The number of hydrogen-bond acceptors (Lipinski definition) is 2. The Morgan fingerprint density at radius 3 is 2.89 bits per heavy atom. The summed E-state index contributed by atoms with van der Waals surface area (Å²) >= 11 is 0. The van der Waals surface area contributed by atoms with E-state index in [1.165, 1.54) is 0 Å². The Kier molecular flexibility index (Phi) is 5.17. The highest BCUT2D eigenvalue weighted by Gasteiger charge is 1.90. The second-order valence-electron chi connectivity index (χ2n) is 1.79. The fourth-order valence-corrected chi connectivity index (χ4v) is 0.439. The standard InChI is InChI=1S/C7H14N2/c1-3-4-5-6-7(8)9-2/h3-5,7,9H,1,6,8H2,2H3/b5-4-. The van der Waals surface area contributed by atoms with Crippen molar-refractivity contribution in [3.8, 4) is 0 Å². The van der Waals surface area contributed by atoms with Crippen LogP contribution in [0, 0.1) is 0 Å². The Balaban J connectivity index is 3.25. The van der Waals surface area contributed by atoms with Crippen molar-refractivity contribution in [2.24, 2.45) is 5.73 Å². The molecule has 0 rings (SSSR count). The number of nitrogens with one attached hydrogen (secondary N) is 1. The molecule has 0 fully saturated rings. The van der Waals surface area contributed by atoms with Crippen molar-refractivity contribution in [1.29, 1.82) is 0 Å². The van der Waals surface area contributed by atoms with Gasteiger partial charge < -0.3 is 11.1 Å². The van der Waals surface area contributed by atoms with E-state index in [-0.39, 0.29) is 6.17 Å². The van der Waals surface area contributed by atoms with Crippen molar-refractivity contribution in [3.63, 3.8) is 0 Å². The molecule has 0 radical (unpaired) electrons. The third-order valence-electron chi connectivity index (χ3n) is 1.03. The maximum Gasteiger partial charge on any atom is 0.0579 e. The minimum absolute atomic E-state index is 0.0706. The molecule has 0 aliphatic heterocycles. The molecular formula is C7H14N2. The lowest BCUT2D eigenvalue weighted by molar-refractivity contribution is 0.592. The lowest BCUT2D eigenvalue weighted by atomic mass is 10.3. The van der Waals surface area contributed by atoms with Crippen LogP contribution in [-0.2, 0) is 0 Å². The molecule has 2 nitrogen and oxygen atoms in total. The van der Waals surface area contributed by atoms with E-state index in [0.717, 1.165) is 6.42 Å². The van der Waals surface area contributed by atoms with Crippen LogP contribution in [0.4, 0.5) is 0 Å². The van der Waals surface area contributed by atoms with Gasteiger partial charge in [0.2, 0.25) is 0 Å². The van der Waals surface area contributed by atoms with Gasteiger partial charge in [-0.15, -0.1) is 0 Å². The van der Waals surface area contributed by atoms with Crippen molar-refractivity contribution in [3.05, 3.63) is 24.8 Å². The van der Waals surface area contributed by atoms with Crippen molar-refractivity contribution in [1.82, 2.24) is 5.32 Å². The Morgan fingerprint density at radius 1 is 1.78 bits per heavy atom. The highest BCUT2D eigenvalue weighted by Crippen LogP contribution is 1.84. The maximum absolute atomic E-state index is 5.52. The van der Waals surface area contributed by atoms with Gasteiger partial charge >= 0.3 is 0 Å². The number of allylic oxidation sites excluding steroid dienone is 2. The second kappa shape index (κ2) is 5.54. The summed E-state index contributed by atoms with van der Waals surface area (Å²) in [6.07, 6.45) is 6.53. The highest BCUT2D eigenvalue weighted by atomic mass is 15.0. The van der Waals surface area contributed by atoms with Gasteiger partial charge in [-0.05, 0) is 13.5 Å². The first-order valence-corrected chi connectivity index (χ1v) is 3.01. The van der Waals surface area contributed by atoms with Crippen LogP contribution in [0.5, 0.6) is 0 Å². The van der Waals surface area contributed by atoms with Crippen molar-refractivity contribution in [2.75, 3.05) is 7.05 Å². The minimum atomic E-state index is 0.0706. The molecule has 0 saturated heterocycles. The van der Waals surface area contributed by atoms with Crippen molar-refractivity contribution >= 4 is 0 Å². The van der Waals surface area contributed by atoms with Crippen molar-refractivity contribution in [2.45, 2.75) is 12.6 Å². The summed E-state index contributed by atoms with van der Waals surface area (Å²) < 4.78 is 0. The van der Waals surface area contributed by atoms with Gasteiger partial charge in [0.25, 0.3) is 0 Å². The van der Waals surface area contributed by atoms with Crippen LogP contribution < -0.4 is 11.1 Å². The first kappa shape index (κ1) is 8.40. The highest BCUT2D eigenvalue weighted by molar-refractivity contribution is 4.97. The van der Waals surface area contributed by atoms with Gasteiger partial charge in [-0.3, -0.25) is 0 Å². The van der Waals surface area contributed by atoms with Gasteiger partial charge in [-0.1, -0.05) is 24.8 Å². The average Bonchev–Trinajstić information content (AvgIpc) is 1.89. The fourth-order valence-electron chi connectivity index (χ4n) is 0.439. The fraction of sp³-hybridized carbons (Fsp3) is 0.429. The Labute approximate surface area is 56.4 Å². The maximum atomic E-state index is 5.52. The average molecular weight is 126 g/mol. The van der Waals surface area contributed by atoms with Crippen LogP contribution in [0.25, 0.3) is 0 Å². The normalized spacial score (nSPS) is 14.0. The van der Waals surface area contributed by atoms with Crippen LogP contribution in [0.2, 0.25) is 0 Å². The van der Waals surface area contributed by atoms with E-state index in [9.17, 15) is 0 Å². The van der Waals surface area contributed by atoms with Gasteiger partial charge in [0.15, 0.2) is 0 Å². The third-order valence-corrected chi connectivity index (χ3v) is 1.03. The summed E-state index contributed by atoms with van der Waals surface area (Å²) in [6, 6.07) is 0. The number of rotatable bonds is 4. The molecule has 52 valence electrons. The number of nitrogens with two attached hydrogens (primary N) is 1. The van der Waals surface area contributed by atoms with Crippen LogP contribution in [0.15, 0.2) is 24.8 Å². The van der Waals surface area contributed by atoms with E-state index in [1.807, 2.05) is 19.2 Å². The van der Waals surface area contributed by atoms with Crippen LogP contribution >= 0.6 is 0 Å². The molecule has 3 N–H and O–H groups in total. The lowest BCUT2D eigenvalue weighted by Crippen LogP contribution is -2.33. The zero-order valence-electron chi connectivity index (χ0n) is 5.80. The predicted molar refractivity (Wildman–Crippen MR) is 41.0 cm³/mol. The molecule has 0 amide bonds. The zero-order chi connectivity index (χ0) is 7.11. The molecular weight excluding hydrogens is 112 g/mol. The summed E-state index contributed by atoms with van der Waals surface area (Å²) in [5.74, 6) is 0. The third kappa shape index (κ3) is 5.27. The van der Waals surface area contributed by atoms with Gasteiger partial charge in [0.05, 0.1) is 6.17 Å². The predicted octanol–water partition coefficient (Wildman–Crippen LogP) is 0.623. The molecule has 2 heteroatoms. The first-order chi connectivity index (χ1) is 4.31. The van der Waals surface area contributed by atoms with E-state index in [4.69, 9.17) is 5.73 Å². The summed E-state index contributed by atoms with van der Waals surface area (Å²) in [4.78, 5) is 0. The molecule has 0 spiro atoms. The molecule has 0 aromatic rings. The van der Waals surface area contributed by atoms with Crippen LogP contribution in [0.1, 0.15) is 6.42 Å². The molecule has 0 aromatic heterocycles. The molecule has 0 heterocycles. The van der Waals surface area contributed by atoms with Gasteiger partial charge in [0.1, 0.15) is 0 Å². The Bertz CT molecular complexity index is 97.1. The monoisotopic (exact) mass is 126 g/mol. The molecule has 0 saturated carbocycles. The second-order valence-corrected chi connectivity index (χ2v) is 1.79. The van der Waals surface area contributed by atoms with Gasteiger partial charge in [-0.25, -0.2) is 0 Å². The molecule has 1 atom stereocenters. The lowest BCUT2D eigenvalue weighted by Gasteiger charge is -2.04. The summed E-state index contributed by atoms with van der Waals surface area (Å²) in [5.41, 5.74) is 5.52. The van der Waals surface area contributed by atoms with E-state index in [2.05, 4.69) is 11.9 Å². The molecule has 9 heavy (non-hydrogen) atoms. The topological polar surface area (TPSA) is 38.0 Å². The largest absolute Gasteiger partial charge is 0.316 e. The van der Waals surface area contributed by atoms with Crippen LogP contribution in [0.3, 0.4) is 0 Å². The van der Waals surface area contributed by atoms with Crippen LogP contribution in [-0.4, -0.2) is 13.2 Å². The Morgan fingerprint density at radius 2 is 2.44 bits per heavy atom. The summed E-state index contributed by atoms with van der Waals surface area (Å²) in [6.45, 7) is 3.54. The molecule has 0 aromatic carbocycles. The smallest absolute Gasteiger partial charge is 0.0579 e. The molecule has 1 unspecified atom stereocenters. The Hall–Kier alpha value is -0.600. The van der Waals surface area contributed by atoms with E-state index < -0.39 is 0 Å². The number of hydrogen-bond donors (Lipinski definition) is 2. The van der Waals surface area contributed by atoms with E-state index in [1.54, 1.807) is 6.08 Å². The zero-order valence-corrected chi connectivity index (χ0v) is 5.80. The van der Waals surface area contributed by atoms with E-state index in [0.29, 0.717) is 0 Å². The molecule has 0 aliphatic carbocycles. The molecule has 0 bridgehead atoms. The first-order valence-electron chi connectivity index (χ1n) is 3.01. The summed E-state index contributed by atoms with van der Waals surface area (Å²) in [5, 5.41) is 2.92. The quantitative estimate of drug-likeness (QED) is 0.428.